The third-order valence-electron chi connectivity index (χ3n) is 6.64. The van der Waals surface area contributed by atoms with E-state index >= 15 is 0 Å². The minimum Gasteiger partial charge on any atom is -0.391 e. The van der Waals surface area contributed by atoms with Gasteiger partial charge in [0.1, 0.15) is 12.5 Å². The van der Waals surface area contributed by atoms with Crippen molar-refractivity contribution in [2.45, 2.75) is 93.3 Å². The summed E-state index contributed by atoms with van der Waals surface area (Å²) < 4.78 is 5.73. The van der Waals surface area contributed by atoms with Crippen LogP contribution in [-0.2, 0) is 4.74 Å². The normalized spacial score (nSPS) is 12.9. The van der Waals surface area contributed by atoms with Crippen molar-refractivity contribution < 1.29 is 4.74 Å². The molecule has 1 heterocycles. The molecule has 1 atom stereocenters. The van der Waals surface area contributed by atoms with E-state index in [4.69, 9.17) is 4.74 Å². The Bertz CT molecular complexity index is 1090. The van der Waals surface area contributed by atoms with E-state index in [2.05, 4.69) is 107 Å². The first kappa shape index (κ1) is 34.2. The molecule has 0 bridgehead atoms. The van der Waals surface area contributed by atoms with Crippen LogP contribution in [0.5, 0.6) is 0 Å². The summed E-state index contributed by atoms with van der Waals surface area (Å²) in [5.74, 6) is 1.53. The standard InChI is InChI=1S/C20H37BO.C14H17N3/c1-8-10-20(16-17(3)4)19(7)11-13-21(12-9-2)14-15-22-18(5)6;1-4-11(9-15-5-2)12-6-7-13-14(8-12)17-10(3)16-13/h8,10,16,18-19H,3,9,11-15H2,1-2,4-7H3;4,6-9,15H,1,5H2,2-3H3,(H,16,17)/b10-8-,20-16+;11-9+. The van der Waals surface area contributed by atoms with Crippen molar-refractivity contribution in [3.05, 3.63) is 84.4 Å². The highest BCUT2D eigenvalue weighted by molar-refractivity contribution is 6.58. The molecule has 1 unspecified atom stereocenters. The van der Waals surface area contributed by atoms with Gasteiger partial charge in [-0.25, -0.2) is 4.98 Å². The van der Waals surface area contributed by atoms with Crippen molar-refractivity contribution in [1.29, 1.82) is 0 Å². The minimum atomic E-state index is 0.348. The number of fused-ring (bicyclic) bond motifs is 1. The molecule has 2 rings (SSSR count). The minimum absolute atomic E-state index is 0.348. The summed E-state index contributed by atoms with van der Waals surface area (Å²) in [4.78, 5) is 7.63. The molecule has 0 aliphatic rings. The molecule has 0 fully saturated rings. The Morgan fingerprint density at radius 3 is 2.51 bits per heavy atom. The maximum Gasteiger partial charge on any atom is 0.142 e. The Balaban J connectivity index is 0.000000400. The van der Waals surface area contributed by atoms with Gasteiger partial charge in [-0.3, -0.25) is 0 Å². The number of hydrogen-bond donors (Lipinski definition) is 2. The van der Waals surface area contributed by atoms with E-state index in [0.717, 1.165) is 53.4 Å². The second kappa shape index (κ2) is 19.3. The van der Waals surface area contributed by atoms with E-state index in [0.29, 0.717) is 12.0 Å². The zero-order chi connectivity index (χ0) is 29.2. The lowest BCUT2D eigenvalue weighted by molar-refractivity contribution is 0.0894. The SMILES string of the molecule is C=C(C)/C=C(\C=C/C)C(C)CCB(CCC)CCOC(C)C.C=C/C(=C\NCC)c1ccc2nc(C)[nH]c2c1. The summed E-state index contributed by atoms with van der Waals surface area (Å²) in [5.41, 5.74) is 6.82. The molecule has 4 nitrogen and oxygen atoms in total. The first-order valence-electron chi connectivity index (χ1n) is 14.8. The van der Waals surface area contributed by atoms with Crippen molar-refractivity contribution in [3.63, 3.8) is 0 Å². The smallest absolute Gasteiger partial charge is 0.142 e. The molecule has 39 heavy (non-hydrogen) atoms. The van der Waals surface area contributed by atoms with Gasteiger partial charge in [-0.2, -0.15) is 0 Å². The Hall–Kier alpha value is -2.79. The molecule has 0 radical (unpaired) electrons. The van der Waals surface area contributed by atoms with Crippen LogP contribution < -0.4 is 5.32 Å². The van der Waals surface area contributed by atoms with Crippen LogP contribution >= 0.6 is 0 Å². The molecule has 0 aliphatic heterocycles. The Labute approximate surface area is 239 Å². The number of nitrogens with zero attached hydrogens (tertiary/aromatic N) is 1. The molecular weight excluding hydrogens is 477 g/mol. The zero-order valence-electron chi connectivity index (χ0n) is 26.1. The second-order valence-electron chi connectivity index (χ2n) is 10.7. The Morgan fingerprint density at radius 2 is 1.92 bits per heavy atom. The fourth-order valence-corrected chi connectivity index (χ4v) is 4.58. The van der Waals surface area contributed by atoms with Gasteiger partial charge < -0.3 is 15.0 Å². The number of ether oxygens (including phenoxy) is 1. The number of benzene rings is 1. The predicted molar refractivity (Wildman–Crippen MR) is 176 cm³/mol. The maximum atomic E-state index is 5.73. The van der Waals surface area contributed by atoms with E-state index in [9.17, 15) is 0 Å². The predicted octanol–water partition coefficient (Wildman–Crippen LogP) is 9.43. The lowest BCUT2D eigenvalue weighted by Gasteiger charge is -2.18. The van der Waals surface area contributed by atoms with Crippen LogP contribution in [0.3, 0.4) is 0 Å². The van der Waals surface area contributed by atoms with Crippen molar-refractivity contribution in [2.24, 2.45) is 5.92 Å². The molecule has 0 aliphatic carbocycles. The molecule has 2 N–H and O–H groups in total. The number of aromatic nitrogens is 2. The van der Waals surface area contributed by atoms with Crippen molar-refractivity contribution in [1.82, 2.24) is 15.3 Å². The molecule has 214 valence electrons. The number of H-pyrrole nitrogens is 1. The average Bonchev–Trinajstić information content (AvgIpc) is 3.26. The maximum absolute atomic E-state index is 5.73. The van der Waals surface area contributed by atoms with Crippen molar-refractivity contribution in [3.8, 4) is 0 Å². The first-order chi connectivity index (χ1) is 18.6. The summed E-state index contributed by atoms with van der Waals surface area (Å²) in [6.07, 6.45) is 17.1. The van der Waals surface area contributed by atoms with Crippen LogP contribution in [-0.4, -0.2) is 35.9 Å². The third kappa shape index (κ3) is 13.7. The van der Waals surface area contributed by atoms with Gasteiger partial charge in [0.15, 0.2) is 0 Å². The molecule has 0 amide bonds. The van der Waals surface area contributed by atoms with Crippen molar-refractivity contribution in [2.75, 3.05) is 13.2 Å². The molecule has 1 aromatic heterocycles. The van der Waals surface area contributed by atoms with Gasteiger partial charge in [-0.1, -0.05) is 94.8 Å². The summed E-state index contributed by atoms with van der Waals surface area (Å²) in [7, 11) is 0. The second-order valence-corrected chi connectivity index (χ2v) is 10.7. The molecular formula is C34H54BN3O. The molecule has 1 aromatic carbocycles. The highest BCUT2D eigenvalue weighted by Crippen LogP contribution is 2.23. The zero-order valence-corrected chi connectivity index (χ0v) is 26.1. The number of nitrogens with one attached hydrogen (secondary N) is 2. The van der Waals surface area contributed by atoms with Gasteiger partial charge in [0, 0.05) is 19.4 Å². The van der Waals surface area contributed by atoms with Crippen molar-refractivity contribution >= 4 is 23.3 Å². The highest BCUT2D eigenvalue weighted by Gasteiger charge is 2.16. The van der Waals surface area contributed by atoms with Crippen LogP contribution in [0, 0.1) is 12.8 Å². The quantitative estimate of drug-likeness (QED) is 0.168. The summed E-state index contributed by atoms with van der Waals surface area (Å²) in [6.45, 7) is 27.5. The fourth-order valence-electron chi connectivity index (χ4n) is 4.58. The number of rotatable bonds is 16. The fraction of sp³-hybridized carbons (Fsp3) is 0.500. The number of imidazole rings is 1. The highest BCUT2D eigenvalue weighted by atomic mass is 16.5. The van der Waals surface area contributed by atoms with Crippen LogP contribution in [0.4, 0.5) is 0 Å². The van der Waals surface area contributed by atoms with Crippen LogP contribution in [0.1, 0.15) is 72.7 Å². The van der Waals surface area contributed by atoms with Gasteiger partial charge in [0.25, 0.3) is 0 Å². The van der Waals surface area contributed by atoms with Gasteiger partial charge >= 0.3 is 0 Å². The number of aryl methyl sites for hydroxylation is 1. The molecule has 0 saturated carbocycles. The van der Waals surface area contributed by atoms with Gasteiger partial charge in [-0.15, -0.1) is 0 Å². The first-order valence-corrected chi connectivity index (χ1v) is 14.8. The molecule has 2 aromatic rings. The Kier molecular flexibility index (Phi) is 16.9. The van der Waals surface area contributed by atoms with E-state index in [1.165, 1.54) is 37.4 Å². The molecule has 0 spiro atoms. The van der Waals surface area contributed by atoms with Gasteiger partial charge in [0.2, 0.25) is 0 Å². The summed E-state index contributed by atoms with van der Waals surface area (Å²) in [6, 6.07) is 6.19. The molecule has 0 saturated heterocycles. The van der Waals surface area contributed by atoms with Gasteiger partial charge in [-0.05, 0) is 76.3 Å². The van der Waals surface area contributed by atoms with Crippen LogP contribution in [0.2, 0.25) is 19.0 Å². The van der Waals surface area contributed by atoms with E-state index in [-0.39, 0.29) is 0 Å². The lowest BCUT2D eigenvalue weighted by atomic mass is 9.41. The average molecular weight is 532 g/mol. The monoisotopic (exact) mass is 531 g/mol. The van der Waals surface area contributed by atoms with Crippen LogP contribution in [0.15, 0.2) is 73.0 Å². The van der Waals surface area contributed by atoms with E-state index in [1.54, 1.807) is 0 Å². The number of hydrogen-bond acceptors (Lipinski definition) is 3. The van der Waals surface area contributed by atoms with E-state index in [1.807, 2.05) is 25.3 Å². The van der Waals surface area contributed by atoms with Gasteiger partial charge in [0.05, 0.1) is 17.1 Å². The summed E-state index contributed by atoms with van der Waals surface area (Å²) >= 11 is 0. The topological polar surface area (TPSA) is 49.9 Å². The lowest BCUT2D eigenvalue weighted by Crippen LogP contribution is -2.17. The largest absolute Gasteiger partial charge is 0.391 e. The number of aromatic amines is 1. The Morgan fingerprint density at radius 1 is 1.18 bits per heavy atom. The van der Waals surface area contributed by atoms with Crippen LogP contribution in [0.25, 0.3) is 16.6 Å². The number of allylic oxidation sites excluding steroid dienone is 7. The van der Waals surface area contributed by atoms with E-state index < -0.39 is 0 Å². The third-order valence-corrected chi connectivity index (χ3v) is 6.64. The summed E-state index contributed by atoms with van der Waals surface area (Å²) in [5, 5.41) is 3.19. The molecule has 5 heteroatoms.